The smallest absolute Gasteiger partial charge is 0.316 e. The normalized spacial score (nSPS) is 26.3. The lowest BCUT2D eigenvalue weighted by molar-refractivity contribution is -0.139. The molecule has 0 radical (unpaired) electrons. The molecule has 1 aliphatic carbocycles. The first-order chi connectivity index (χ1) is 16.7. The molecule has 0 N–H and O–H groups in total. The van der Waals surface area contributed by atoms with Crippen molar-refractivity contribution >= 4 is 46.7 Å². The van der Waals surface area contributed by atoms with Crippen LogP contribution in [0.4, 0.5) is 11.4 Å². The number of anilines is 2. The number of halogens is 1. The van der Waals surface area contributed by atoms with Crippen LogP contribution in [-0.4, -0.2) is 30.2 Å². The summed E-state index contributed by atoms with van der Waals surface area (Å²) in [7, 11) is 0. The van der Waals surface area contributed by atoms with Crippen LogP contribution >= 0.6 is 11.6 Å². The molecule has 0 aromatic heterocycles. The van der Waals surface area contributed by atoms with Crippen molar-refractivity contribution in [1.82, 2.24) is 0 Å². The average Bonchev–Trinajstić information content (AvgIpc) is 3.33. The SMILES string of the molecule is Cc1c(Cl)cccc1N1C[C@H](C(=O)Oc2cccc(N3C(=O)[C@H]4C[C@H](C)CC[C@H]4C3=O)c2)CC1=O. The summed E-state index contributed by atoms with van der Waals surface area (Å²) < 4.78 is 5.60. The monoisotopic (exact) mass is 494 g/mol. The van der Waals surface area contributed by atoms with Gasteiger partial charge in [0.1, 0.15) is 5.75 Å². The lowest BCUT2D eigenvalue weighted by Gasteiger charge is -2.25. The number of rotatable bonds is 4. The van der Waals surface area contributed by atoms with Crippen molar-refractivity contribution in [2.75, 3.05) is 16.3 Å². The number of esters is 1. The largest absolute Gasteiger partial charge is 0.426 e. The van der Waals surface area contributed by atoms with E-state index in [1.807, 2.05) is 6.92 Å². The standard InChI is InChI=1S/C27H27ClN2O5/c1-15-9-10-20-21(11-15)26(33)30(25(20)32)18-5-3-6-19(13-18)35-27(34)17-12-24(31)29(14-17)23-8-4-7-22(28)16(23)2/h3-8,13,15,17,20-21H,9-12,14H2,1-2H3/t15-,17-,20-,21+/m1/s1. The van der Waals surface area contributed by atoms with Crippen LogP contribution in [0, 0.1) is 30.6 Å². The number of ether oxygens (including phenoxy) is 1. The number of amides is 3. The van der Waals surface area contributed by atoms with E-state index in [1.54, 1.807) is 47.4 Å². The second-order valence-electron chi connectivity index (χ2n) is 9.85. The Hall–Kier alpha value is -3.19. The molecule has 2 aromatic rings. The van der Waals surface area contributed by atoms with Gasteiger partial charge in [0, 0.05) is 29.7 Å². The van der Waals surface area contributed by atoms with Gasteiger partial charge in [-0.15, -0.1) is 0 Å². The number of fused-ring (bicyclic) bond motifs is 1. The maximum atomic E-state index is 13.0. The lowest BCUT2D eigenvalue weighted by Crippen LogP contribution is -2.31. The first-order valence-electron chi connectivity index (χ1n) is 12.0. The fraction of sp³-hybridized carbons (Fsp3) is 0.407. The molecule has 35 heavy (non-hydrogen) atoms. The van der Waals surface area contributed by atoms with Gasteiger partial charge in [-0.1, -0.05) is 30.7 Å². The van der Waals surface area contributed by atoms with Gasteiger partial charge in [0.15, 0.2) is 0 Å². The predicted octanol–water partition coefficient (Wildman–Crippen LogP) is 4.53. The molecule has 0 spiro atoms. The molecule has 2 aromatic carbocycles. The summed E-state index contributed by atoms with van der Waals surface area (Å²) in [5, 5.41) is 0.554. The molecule has 1 saturated carbocycles. The van der Waals surface area contributed by atoms with Crippen LogP contribution in [0.3, 0.4) is 0 Å². The van der Waals surface area contributed by atoms with E-state index >= 15 is 0 Å². The average molecular weight is 495 g/mol. The molecular weight excluding hydrogens is 468 g/mol. The molecule has 5 rings (SSSR count). The number of benzene rings is 2. The number of carbonyl (C=O) groups excluding carboxylic acids is 4. The zero-order chi connectivity index (χ0) is 24.9. The Kier molecular flexibility index (Phi) is 6.13. The molecule has 182 valence electrons. The molecule has 3 fully saturated rings. The summed E-state index contributed by atoms with van der Waals surface area (Å²) in [6, 6.07) is 11.8. The van der Waals surface area contributed by atoms with Gasteiger partial charge in [0.2, 0.25) is 17.7 Å². The van der Waals surface area contributed by atoms with Crippen molar-refractivity contribution in [2.24, 2.45) is 23.7 Å². The topological polar surface area (TPSA) is 84.0 Å². The van der Waals surface area contributed by atoms with Crippen LogP contribution in [0.15, 0.2) is 42.5 Å². The second kappa shape index (κ2) is 9.11. The van der Waals surface area contributed by atoms with Crippen LogP contribution < -0.4 is 14.5 Å². The summed E-state index contributed by atoms with van der Waals surface area (Å²) in [6.07, 6.45) is 2.42. The number of hydrogen-bond donors (Lipinski definition) is 0. The second-order valence-corrected chi connectivity index (χ2v) is 10.3. The quantitative estimate of drug-likeness (QED) is 0.354. The molecule has 3 amide bonds. The van der Waals surface area contributed by atoms with Crippen molar-refractivity contribution in [3.63, 3.8) is 0 Å². The summed E-state index contributed by atoms with van der Waals surface area (Å²) >= 11 is 6.20. The highest BCUT2D eigenvalue weighted by Crippen LogP contribution is 2.42. The highest BCUT2D eigenvalue weighted by atomic mass is 35.5. The Balaban J connectivity index is 1.30. The molecule has 4 atom stereocenters. The van der Waals surface area contributed by atoms with E-state index in [1.165, 1.54) is 4.90 Å². The van der Waals surface area contributed by atoms with E-state index in [2.05, 4.69) is 6.92 Å². The minimum absolute atomic E-state index is 0.0368. The van der Waals surface area contributed by atoms with Gasteiger partial charge in [0.05, 0.1) is 23.4 Å². The van der Waals surface area contributed by atoms with Gasteiger partial charge in [-0.25, -0.2) is 4.90 Å². The van der Waals surface area contributed by atoms with Crippen molar-refractivity contribution in [1.29, 1.82) is 0 Å². The van der Waals surface area contributed by atoms with Gasteiger partial charge < -0.3 is 9.64 Å². The van der Waals surface area contributed by atoms with Crippen molar-refractivity contribution in [2.45, 2.75) is 39.5 Å². The van der Waals surface area contributed by atoms with E-state index in [4.69, 9.17) is 16.3 Å². The Morgan fingerprint density at radius 1 is 1.03 bits per heavy atom. The number of carbonyl (C=O) groups is 4. The fourth-order valence-electron chi connectivity index (χ4n) is 5.52. The molecule has 7 nitrogen and oxygen atoms in total. The zero-order valence-electron chi connectivity index (χ0n) is 19.7. The van der Waals surface area contributed by atoms with Gasteiger partial charge in [-0.3, -0.25) is 19.2 Å². The maximum absolute atomic E-state index is 13.0. The van der Waals surface area contributed by atoms with Gasteiger partial charge in [0.25, 0.3) is 0 Å². The Morgan fingerprint density at radius 3 is 2.57 bits per heavy atom. The van der Waals surface area contributed by atoms with Crippen LogP contribution in [0.25, 0.3) is 0 Å². The summed E-state index contributed by atoms with van der Waals surface area (Å²) in [5.41, 5.74) is 1.87. The van der Waals surface area contributed by atoms with Crippen LogP contribution in [0.2, 0.25) is 5.02 Å². The lowest BCUT2D eigenvalue weighted by atomic mass is 9.76. The minimum Gasteiger partial charge on any atom is -0.426 e. The molecule has 3 aliphatic rings. The molecular formula is C27H27ClN2O5. The van der Waals surface area contributed by atoms with Gasteiger partial charge in [-0.05, 0) is 61.9 Å². The van der Waals surface area contributed by atoms with Crippen LogP contribution in [0.5, 0.6) is 5.75 Å². The number of hydrogen-bond acceptors (Lipinski definition) is 5. The zero-order valence-corrected chi connectivity index (χ0v) is 20.5. The summed E-state index contributed by atoms with van der Waals surface area (Å²) in [4.78, 5) is 54.4. The number of imide groups is 1. The Morgan fingerprint density at radius 2 is 1.77 bits per heavy atom. The fourth-order valence-corrected chi connectivity index (χ4v) is 5.69. The molecule has 0 bridgehead atoms. The van der Waals surface area contributed by atoms with Crippen molar-refractivity contribution in [3.8, 4) is 5.75 Å². The maximum Gasteiger partial charge on any atom is 0.316 e. The van der Waals surface area contributed by atoms with E-state index in [0.29, 0.717) is 22.3 Å². The van der Waals surface area contributed by atoms with E-state index in [0.717, 1.165) is 24.8 Å². The molecule has 0 unspecified atom stereocenters. The highest BCUT2D eigenvalue weighted by Gasteiger charge is 2.50. The summed E-state index contributed by atoms with van der Waals surface area (Å²) in [5.74, 6) is -1.57. The molecule has 8 heteroatoms. The molecule has 2 heterocycles. The molecule has 2 saturated heterocycles. The Labute approximate surface area is 209 Å². The third-order valence-corrected chi connectivity index (χ3v) is 7.88. The van der Waals surface area contributed by atoms with E-state index in [-0.39, 0.29) is 48.3 Å². The first kappa shape index (κ1) is 23.5. The van der Waals surface area contributed by atoms with E-state index < -0.39 is 11.9 Å². The van der Waals surface area contributed by atoms with Crippen molar-refractivity contribution in [3.05, 3.63) is 53.1 Å². The highest BCUT2D eigenvalue weighted by molar-refractivity contribution is 6.31. The Bertz CT molecular complexity index is 1230. The van der Waals surface area contributed by atoms with Crippen LogP contribution in [-0.2, 0) is 19.2 Å². The van der Waals surface area contributed by atoms with Crippen molar-refractivity contribution < 1.29 is 23.9 Å². The summed E-state index contributed by atoms with van der Waals surface area (Å²) in [6.45, 7) is 4.14. The minimum atomic E-state index is -0.635. The third kappa shape index (κ3) is 4.22. The van der Waals surface area contributed by atoms with E-state index in [9.17, 15) is 19.2 Å². The molecule has 2 aliphatic heterocycles. The number of nitrogens with zero attached hydrogens (tertiary/aromatic N) is 2. The van der Waals surface area contributed by atoms with Gasteiger partial charge in [-0.2, -0.15) is 0 Å². The first-order valence-corrected chi connectivity index (χ1v) is 12.4. The van der Waals surface area contributed by atoms with Crippen LogP contribution in [0.1, 0.15) is 38.2 Å². The predicted molar refractivity (Wildman–Crippen MR) is 131 cm³/mol. The third-order valence-electron chi connectivity index (χ3n) is 7.47. The van der Waals surface area contributed by atoms with Gasteiger partial charge >= 0.3 is 5.97 Å².